The number of ketones is 1. The van der Waals surface area contributed by atoms with Crippen LogP contribution in [0, 0.1) is 20.8 Å². The van der Waals surface area contributed by atoms with Gasteiger partial charge in [0.05, 0.1) is 22.9 Å². The van der Waals surface area contributed by atoms with Crippen molar-refractivity contribution in [2.45, 2.75) is 38.4 Å². The number of sulfone groups is 1. The van der Waals surface area contributed by atoms with E-state index in [1.165, 1.54) is 11.8 Å². The van der Waals surface area contributed by atoms with Crippen LogP contribution in [0.5, 0.6) is 0 Å². The molecule has 1 fully saturated rings. The van der Waals surface area contributed by atoms with Crippen LogP contribution in [0.25, 0.3) is 5.69 Å². The fourth-order valence-electron chi connectivity index (χ4n) is 4.13. The molecule has 3 aromatic rings. The van der Waals surface area contributed by atoms with Gasteiger partial charge in [0, 0.05) is 23.0 Å². The van der Waals surface area contributed by atoms with Gasteiger partial charge in [0.2, 0.25) is 0 Å². The molecule has 0 saturated carbocycles. The molecule has 1 aliphatic heterocycles. The molecule has 7 nitrogen and oxygen atoms in total. The van der Waals surface area contributed by atoms with Gasteiger partial charge in [-0.1, -0.05) is 30.0 Å². The Balaban J connectivity index is 1.52. The lowest BCUT2D eigenvalue weighted by Gasteiger charge is -2.16. The molecule has 30 heavy (non-hydrogen) atoms. The second kappa shape index (κ2) is 8.03. The molecule has 9 heteroatoms. The molecule has 1 aliphatic rings. The van der Waals surface area contributed by atoms with Crippen LogP contribution in [0.1, 0.15) is 39.8 Å². The van der Waals surface area contributed by atoms with Crippen molar-refractivity contribution in [2.75, 3.05) is 17.3 Å². The molecule has 3 heterocycles. The van der Waals surface area contributed by atoms with Crippen molar-refractivity contribution in [1.29, 1.82) is 0 Å². The number of aromatic nitrogens is 4. The smallest absolute Gasteiger partial charge is 0.196 e. The van der Waals surface area contributed by atoms with Crippen LogP contribution in [-0.4, -0.2) is 50.8 Å². The number of benzene rings is 1. The summed E-state index contributed by atoms with van der Waals surface area (Å²) in [5.74, 6) is 0.588. The van der Waals surface area contributed by atoms with E-state index in [1.807, 2.05) is 60.2 Å². The average molecular weight is 445 g/mol. The van der Waals surface area contributed by atoms with Gasteiger partial charge in [0.15, 0.2) is 20.8 Å². The van der Waals surface area contributed by atoms with E-state index in [0.29, 0.717) is 17.1 Å². The largest absolute Gasteiger partial charge is 0.344 e. The van der Waals surface area contributed by atoms with E-state index in [1.54, 1.807) is 6.33 Å². The highest BCUT2D eigenvalue weighted by Gasteiger charge is 2.31. The van der Waals surface area contributed by atoms with Crippen molar-refractivity contribution in [3.63, 3.8) is 0 Å². The predicted octanol–water partition coefficient (Wildman–Crippen LogP) is 3.33. The molecular weight excluding hydrogens is 420 g/mol. The van der Waals surface area contributed by atoms with Gasteiger partial charge in [-0.15, -0.1) is 10.2 Å². The fraction of sp³-hybridized carbons (Fsp3) is 0.381. The fourth-order valence-corrected chi connectivity index (χ4v) is 6.63. The maximum Gasteiger partial charge on any atom is 0.196 e. The van der Waals surface area contributed by atoms with Crippen molar-refractivity contribution < 1.29 is 13.2 Å². The van der Waals surface area contributed by atoms with Gasteiger partial charge in [0.1, 0.15) is 6.33 Å². The normalized spacial score (nSPS) is 18.0. The predicted molar refractivity (Wildman–Crippen MR) is 117 cm³/mol. The molecule has 0 N–H and O–H groups in total. The summed E-state index contributed by atoms with van der Waals surface area (Å²) in [4.78, 5) is 13.0. The van der Waals surface area contributed by atoms with Crippen molar-refractivity contribution in [3.8, 4) is 5.69 Å². The van der Waals surface area contributed by atoms with Crippen LogP contribution in [-0.2, 0) is 9.84 Å². The molecule has 0 spiro atoms. The third-order valence-corrected chi connectivity index (χ3v) is 8.28. The van der Waals surface area contributed by atoms with Gasteiger partial charge in [-0.05, 0) is 44.9 Å². The number of hydrogen-bond acceptors (Lipinski definition) is 6. The van der Waals surface area contributed by atoms with Gasteiger partial charge < -0.3 is 4.57 Å². The second-order valence-corrected chi connectivity index (χ2v) is 10.9. The molecule has 158 valence electrons. The number of hydrogen-bond donors (Lipinski definition) is 0. The molecule has 0 radical (unpaired) electrons. The Bertz CT molecular complexity index is 1210. The molecule has 1 aromatic carbocycles. The first kappa shape index (κ1) is 20.9. The third-order valence-electron chi connectivity index (χ3n) is 5.58. The van der Waals surface area contributed by atoms with Gasteiger partial charge in [-0.2, -0.15) is 0 Å². The number of rotatable bonds is 6. The van der Waals surface area contributed by atoms with E-state index in [2.05, 4.69) is 10.2 Å². The van der Waals surface area contributed by atoms with Crippen LogP contribution < -0.4 is 0 Å². The van der Waals surface area contributed by atoms with Crippen LogP contribution in [0.3, 0.4) is 0 Å². The zero-order valence-corrected chi connectivity index (χ0v) is 18.8. The second-order valence-electron chi connectivity index (χ2n) is 7.69. The molecule has 1 atom stereocenters. The third kappa shape index (κ3) is 3.96. The van der Waals surface area contributed by atoms with Gasteiger partial charge in [-0.3, -0.25) is 9.36 Å². The van der Waals surface area contributed by atoms with Crippen molar-refractivity contribution in [1.82, 2.24) is 19.3 Å². The quantitative estimate of drug-likeness (QED) is 0.428. The van der Waals surface area contributed by atoms with E-state index in [9.17, 15) is 13.2 Å². The number of thioether (sulfide) groups is 1. The molecule has 0 amide bonds. The molecular formula is C21H24N4O3S2. The number of Topliss-reactive ketones (excluding diaryl/α,β-unsaturated/α-hetero) is 1. The van der Waals surface area contributed by atoms with Crippen LogP contribution in [0.2, 0.25) is 0 Å². The topological polar surface area (TPSA) is 86.8 Å². The monoisotopic (exact) mass is 444 g/mol. The average Bonchev–Trinajstić information content (AvgIpc) is 3.37. The Kier molecular flexibility index (Phi) is 5.59. The Hall–Kier alpha value is -2.39. The first-order valence-corrected chi connectivity index (χ1v) is 12.6. The Morgan fingerprint density at radius 3 is 2.70 bits per heavy atom. The molecule has 2 aromatic heterocycles. The lowest BCUT2D eigenvalue weighted by Crippen LogP contribution is -2.14. The van der Waals surface area contributed by atoms with E-state index < -0.39 is 9.84 Å². The van der Waals surface area contributed by atoms with E-state index >= 15 is 0 Å². The Morgan fingerprint density at radius 2 is 2.00 bits per heavy atom. The molecule has 0 aliphatic carbocycles. The number of aryl methyl sites for hydroxylation is 2. The number of carbonyl (C=O) groups is 1. The summed E-state index contributed by atoms with van der Waals surface area (Å²) in [5.41, 5.74) is 4.48. The first-order chi connectivity index (χ1) is 14.3. The molecule has 1 saturated heterocycles. The minimum atomic E-state index is -2.99. The van der Waals surface area contributed by atoms with E-state index in [-0.39, 0.29) is 29.1 Å². The summed E-state index contributed by atoms with van der Waals surface area (Å²) in [6, 6.07) is 9.73. The molecule has 0 bridgehead atoms. The minimum absolute atomic E-state index is 0.000428. The zero-order chi connectivity index (χ0) is 21.5. The van der Waals surface area contributed by atoms with Gasteiger partial charge in [-0.25, -0.2) is 8.42 Å². The number of para-hydroxylation sites is 1. The standard InChI is InChI=1S/C21H24N4O3S2/c1-14-6-4-5-7-19(14)24-13-22-23-21(24)29-11-20(26)18-10-15(2)25(16(18)3)17-8-9-30(27,28)12-17/h4-7,10,13,17H,8-9,11-12H2,1-3H3/t17-/m1/s1. The maximum absolute atomic E-state index is 13.0. The Morgan fingerprint density at radius 1 is 1.23 bits per heavy atom. The van der Waals surface area contributed by atoms with Crippen LogP contribution in [0.15, 0.2) is 41.8 Å². The summed E-state index contributed by atoms with van der Waals surface area (Å²) in [5, 5.41) is 8.85. The zero-order valence-electron chi connectivity index (χ0n) is 17.2. The molecule has 0 unspecified atom stereocenters. The maximum atomic E-state index is 13.0. The summed E-state index contributed by atoms with van der Waals surface area (Å²) in [7, 11) is -2.99. The van der Waals surface area contributed by atoms with Crippen molar-refractivity contribution in [3.05, 3.63) is 59.2 Å². The summed E-state index contributed by atoms with van der Waals surface area (Å²) in [6.45, 7) is 5.84. The van der Waals surface area contributed by atoms with E-state index in [4.69, 9.17) is 0 Å². The SMILES string of the molecule is Cc1ccccc1-n1cnnc1SCC(=O)c1cc(C)n([C@@H]2CCS(=O)(=O)C2)c1C. The van der Waals surface area contributed by atoms with Crippen LogP contribution in [0.4, 0.5) is 0 Å². The highest BCUT2D eigenvalue weighted by molar-refractivity contribution is 7.99. The number of carbonyl (C=O) groups excluding carboxylic acids is 1. The van der Waals surface area contributed by atoms with Crippen LogP contribution >= 0.6 is 11.8 Å². The lowest BCUT2D eigenvalue weighted by atomic mass is 10.2. The van der Waals surface area contributed by atoms with Crippen molar-refractivity contribution in [2.24, 2.45) is 0 Å². The molecule has 4 rings (SSSR count). The van der Waals surface area contributed by atoms with E-state index in [0.717, 1.165) is 22.6 Å². The Labute approximate surface area is 180 Å². The first-order valence-electron chi connectivity index (χ1n) is 9.77. The lowest BCUT2D eigenvalue weighted by molar-refractivity contribution is 0.102. The van der Waals surface area contributed by atoms with Gasteiger partial charge in [0.25, 0.3) is 0 Å². The summed E-state index contributed by atoms with van der Waals surface area (Å²) in [6.07, 6.45) is 2.25. The number of nitrogens with zero attached hydrogens (tertiary/aromatic N) is 4. The summed E-state index contributed by atoms with van der Waals surface area (Å²) < 4.78 is 27.7. The highest BCUT2D eigenvalue weighted by Crippen LogP contribution is 2.30. The van der Waals surface area contributed by atoms with Gasteiger partial charge >= 0.3 is 0 Å². The summed E-state index contributed by atoms with van der Waals surface area (Å²) >= 11 is 1.35. The van der Waals surface area contributed by atoms with Crippen molar-refractivity contribution >= 4 is 27.4 Å². The highest BCUT2D eigenvalue weighted by atomic mass is 32.2. The minimum Gasteiger partial charge on any atom is -0.344 e.